The fourth-order valence-corrected chi connectivity index (χ4v) is 3.47. The quantitative estimate of drug-likeness (QED) is 0.192. The average Bonchev–Trinajstić information content (AvgIpc) is 3.21. The summed E-state index contributed by atoms with van der Waals surface area (Å²) in [4.78, 5) is 3.40. The molecule has 35 heavy (non-hydrogen) atoms. The Labute approximate surface area is 204 Å². The van der Waals surface area contributed by atoms with E-state index in [-0.39, 0.29) is 6.61 Å². The van der Waals surface area contributed by atoms with E-state index in [1.807, 2.05) is 60.7 Å². The number of aromatic amines is 1. The van der Waals surface area contributed by atoms with Crippen LogP contribution in [0.5, 0.6) is 17.2 Å². The van der Waals surface area contributed by atoms with Crippen molar-refractivity contribution in [2.45, 2.75) is 6.10 Å². The Morgan fingerprint density at radius 3 is 2.29 bits per heavy atom. The number of fused-ring (bicyclic) bond motifs is 3. The van der Waals surface area contributed by atoms with Crippen molar-refractivity contribution in [3.63, 3.8) is 0 Å². The van der Waals surface area contributed by atoms with Crippen LogP contribution in [-0.4, -0.2) is 68.8 Å². The summed E-state index contributed by atoms with van der Waals surface area (Å²) in [5.74, 6) is 2.18. The molecule has 0 radical (unpaired) electrons. The first-order valence-corrected chi connectivity index (χ1v) is 12.8. The highest BCUT2D eigenvalue weighted by molar-refractivity contribution is 7.85. The van der Waals surface area contributed by atoms with Gasteiger partial charge < -0.3 is 29.6 Å². The maximum atomic E-state index is 10.3. The van der Waals surface area contributed by atoms with Gasteiger partial charge in [0.25, 0.3) is 10.1 Å². The minimum absolute atomic E-state index is 0.207. The second kappa shape index (κ2) is 12.4. The number of rotatable bonds is 10. The van der Waals surface area contributed by atoms with Gasteiger partial charge in [0.2, 0.25) is 0 Å². The van der Waals surface area contributed by atoms with Crippen molar-refractivity contribution in [2.75, 3.05) is 39.7 Å². The molecule has 4 rings (SSSR count). The summed E-state index contributed by atoms with van der Waals surface area (Å²) in [6.45, 7) is 1.70. The minimum atomic E-state index is -3.67. The predicted molar refractivity (Wildman–Crippen MR) is 136 cm³/mol. The van der Waals surface area contributed by atoms with Crippen LogP contribution in [0.15, 0.2) is 66.7 Å². The molecule has 1 atom stereocenters. The summed E-state index contributed by atoms with van der Waals surface area (Å²) in [6.07, 6.45) is 0.0872. The van der Waals surface area contributed by atoms with Gasteiger partial charge >= 0.3 is 0 Å². The van der Waals surface area contributed by atoms with Crippen LogP contribution in [0.4, 0.5) is 0 Å². The van der Waals surface area contributed by atoms with Crippen molar-refractivity contribution in [1.82, 2.24) is 10.3 Å². The van der Waals surface area contributed by atoms with Gasteiger partial charge in [0.1, 0.15) is 25.1 Å². The van der Waals surface area contributed by atoms with Gasteiger partial charge in [0.15, 0.2) is 11.5 Å². The van der Waals surface area contributed by atoms with E-state index in [4.69, 9.17) is 18.8 Å². The minimum Gasteiger partial charge on any atom is -0.493 e. The van der Waals surface area contributed by atoms with Gasteiger partial charge in [-0.05, 0) is 30.3 Å². The highest BCUT2D eigenvalue weighted by Crippen LogP contribution is 2.33. The molecule has 0 amide bonds. The van der Waals surface area contributed by atoms with E-state index in [0.29, 0.717) is 37.5 Å². The van der Waals surface area contributed by atoms with Gasteiger partial charge in [0.05, 0.1) is 18.9 Å². The largest absolute Gasteiger partial charge is 0.493 e. The van der Waals surface area contributed by atoms with E-state index in [9.17, 15) is 13.5 Å². The van der Waals surface area contributed by atoms with E-state index in [0.717, 1.165) is 27.6 Å². The molecule has 10 heteroatoms. The van der Waals surface area contributed by atoms with Gasteiger partial charge in [-0.1, -0.05) is 36.4 Å². The first kappa shape index (κ1) is 26.3. The Balaban J connectivity index is 0.000000623. The van der Waals surface area contributed by atoms with E-state index in [1.54, 1.807) is 7.11 Å². The van der Waals surface area contributed by atoms with Crippen LogP contribution < -0.4 is 19.5 Å². The highest BCUT2D eigenvalue weighted by Gasteiger charge is 2.11. The van der Waals surface area contributed by atoms with Gasteiger partial charge in [-0.25, -0.2) is 0 Å². The van der Waals surface area contributed by atoms with Crippen LogP contribution in [0.2, 0.25) is 0 Å². The Hall–Kier alpha value is -3.31. The first-order valence-electron chi connectivity index (χ1n) is 11.0. The molecule has 4 aromatic rings. The summed E-state index contributed by atoms with van der Waals surface area (Å²) in [5, 5.41) is 15.6. The topological polar surface area (TPSA) is 130 Å². The summed E-state index contributed by atoms with van der Waals surface area (Å²) >= 11 is 0. The molecule has 4 N–H and O–H groups in total. The maximum Gasteiger partial charge on any atom is 0.261 e. The molecule has 0 spiro atoms. The highest BCUT2D eigenvalue weighted by atomic mass is 32.2. The molecule has 0 saturated carbocycles. The maximum absolute atomic E-state index is 10.3. The lowest BCUT2D eigenvalue weighted by molar-refractivity contribution is 0.106. The van der Waals surface area contributed by atoms with Gasteiger partial charge in [-0.3, -0.25) is 4.55 Å². The predicted octanol–water partition coefficient (Wildman–Crippen LogP) is 3.24. The molecule has 0 aliphatic rings. The lowest BCUT2D eigenvalue weighted by Gasteiger charge is -2.15. The van der Waals surface area contributed by atoms with Crippen molar-refractivity contribution >= 4 is 31.9 Å². The Morgan fingerprint density at radius 2 is 1.54 bits per heavy atom. The summed E-state index contributed by atoms with van der Waals surface area (Å²) in [6, 6.07) is 21.6. The number of methoxy groups -OCH3 is 1. The molecular weight excluding hydrogens is 472 g/mol. The Bertz CT molecular complexity index is 1330. The molecule has 1 heterocycles. The van der Waals surface area contributed by atoms with E-state index < -0.39 is 16.2 Å². The molecule has 0 saturated heterocycles. The van der Waals surface area contributed by atoms with Crippen LogP contribution in [0.25, 0.3) is 21.8 Å². The summed E-state index contributed by atoms with van der Waals surface area (Å²) in [7, 11) is -2.05. The molecule has 188 valence electrons. The van der Waals surface area contributed by atoms with E-state index >= 15 is 0 Å². The smallest absolute Gasteiger partial charge is 0.261 e. The number of aromatic nitrogens is 1. The average molecular weight is 503 g/mol. The third-order valence-electron chi connectivity index (χ3n) is 4.91. The molecular formula is C25H30N2O7S. The molecule has 1 aromatic heterocycles. The Morgan fingerprint density at radius 1 is 0.914 bits per heavy atom. The zero-order chi connectivity index (χ0) is 25.3. The molecule has 0 fully saturated rings. The van der Waals surface area contributed by atoms with Gasteiger partial charge in [0, 0.05) is 29.4 Å². The number of ether oxygens (including phenoxy) is 3. The second-order valence-corrected chi connectivity index (χ2v) is 9.22. The fraction of sp³-hybridized carbons (Fsp3) is 0.280. The lowest BCUT2D eigenvalue weighted by atomic mass is 10.1. The second-order valence-electron chi connectivity index (χ2n) is 7.75. The standard InChI is InChI=1S/C24H26N2O4.CH4O3S/c1-28-21-10-4-5-11-22(21)29-14-13-25-15-17(27)16-30-23-12-6-9-20-24(23)18-7-2-3-8-19(18)26-20;1-5(2,3)4/h2-12,17,25-27H,13-16H2,1H3;1H3,(H,2,3,4). The van der Waals surface area contributed by atoms with Crippen LogP contribution >= 0.6 is 0 Å². The molecule has 9 nitrogen and oxygen atoms in total. The molecule has 1 unspecified atom stereocenters. The molecule has 0 bridgehead atoms. The number of para-hydroxylation sites is 3. The van der Waals surface area contributed by atoms with Crippen molar-refractivity contribution in [3.05, 3.63) is 66.7 Å². The van der Waals surface area contributed by atoms with Crippen LogP contribution in [0, 0.1) is 0 Å². The number of aliphatic hydroxyl groups excluding tert-OH is 1. The monoisotopic (exact) mass is 502 g/mol. The molecule has 3 aromatic carbocycles. The van der Waals surface area contributed by atoms with E-state index in [2.05, 4.69) is 16.4 Å². The number of hydrogen-bond donors (Lipinski definition) is 4. The normalized spacial score (nSPS) is 12.1. The number of nitrogens with one attached hydrogen (secondary N) is 2. The van der Waals surface area contributed by atoms with Crippen LogP contribution in [-0.2, 0) is 10.1 Å². The van der Waals surface area contributed by atoms with Crippen molar-refractivity contribution in [1.29, 1.82) is 0 Å². The van der Waals surface area contributed by atoms with Crippen molar-refractivity contribution in [3.8, 4) is 17.2 Å². The van der Waals surface area contributed by atoms with E-state index in [1.165, 1.54) is 0 Å². The number of aliphatic hydroxyl groups is 1. The Kier molecular flexibility index (Phi) is 9.32. The SMILES string of the molecule is COc1ccccc1OCCNCC(O)COc1cccc2[nH]c3ccccc3c12.CS(=O)(=O)O. The molecule has 0 aliphatic heterocycles. The first-order chi connectivity index (χ1) is 16.8. The van der Waals surface area contributed by atoms with Gasteiger partial charge in [-0.15, -0.1) is 0 Å². The number of H-pyrrole nitrogens is 1. The third kappa shape index (κ3) is 8.15. The molecule has 0 aliphatic carbocycles. The zero-order valence-electron chi connectivity index (χ0n) is 19.6. The van der Waals surface area contributed by atoms with Crippen LogP contribution in [0.3, 0.4) is 0 Å². The fourth-order valence-electron chi connectivity index (χ4n) is 3.47. The van der Waals surface area contributed by atoms with Crippen molar-refractivity contribution < 1.29 is 32.3 Å². The zero-order valence-corrected chi connectivity index (χ0v) is 20.4. The number of hydrogen-bond acceptors (Lipinski definition) is 7. The third-order valence-corrected chi connectivity index (χ3v) is 4.91. The summed E-state index contributed by atoms with van der Waals surface area (Å²) in [5.41, 5.74) is 2.09. The lowest BCUT2D eigenvalue weighted by Crippen LogP contribution is -2.33. The van der Waals surface area contributed by atoms with Crippen molar-refractivity contribution in [2.24, 2.45) is 0 Å². The number of benzene rings is 3. The summed E-state index contributed by atoms with van der Waals surface area (Å²) < 4.78 is 42.8. The van der Waals surface area contributed by atoms with Crippen LogP contribution in [0.1, 0.15) is 0 Å². The van der Waals surface area contributed by atoms with Gasteiger partial charge in [-0.2, -0.15) is 8.42 Å².